The Morgan fingerprint density at radius 3 is 2.94 bits per heavy atom. The van der Waals surface area contributed by atoms with E-state index in [2.05, 4.69) is 4.98 Å². The van der Waals surface area contributed by atoms with E-state index < -0.39 is 11.6 Å². The van der Waals surface area contributed by atoms with Crippen LogP contribution in [0.3, 0.4) is 0 Å². The largest absolute Gasteiger partial charge is 0.354 e. The van der Waals surface area contributed by atoms with Gasteiger partial charge in [0, 0.05) is 25.2 Å². The lowest BCUT2D eigenvalue weighted by Gasteiger charge is -2.35. The molecule has 1 aromatic rings. The molecule has 2 rings (SSSR count). The summed E-state index contributed by atoms with van der Waals surface area (Å²) in [5, 5.41) is 0. The molecule has 0 bridgehead atoms. The Kier molecular flexibility index (Phi) is 3.57. The number of halogens is 2. The molecule has 2 atom stereocenters. The Morgan fingerprint density at radius 2 is 2.29 bits per heavy atom. The molecule has 1 saturated heterocycles. The first-order valence-electron chi connectivity index (χ1n) is 5.89. The summed E-state index contributed by atoms with van der Waals surface area (Å²) in [7, 11) is 0. The molecule has 0 saturated carbocycles. The van der Waals surface area contributed by atoms with Gasteiger partial charge in [-0.1, -0.05) is 0 Å². The third kappa shape index (κ3) is 2.72. The topological polar surface area (TPSA) is 42.1 Å². The number of pyridine rings is 1. The number of aromatic nitrogens is 1. The van der Waals surface area contributed by atoms with Crippen molar-refractivity contribution in [1.82, 2.24) is 4.98 Å². The maximum Gasteiger partial charge on any atom is 0.168 e. The molecule has 1 aliphatic rings. The van der Waals surface area contributed by atoms with Crippen molar-refractivity contribution in [3.05, 3.63) is 23.9 Å². The number of anilines is 1. The van der Waals surface area contributed by atoms with Crippen molar-refractivity contribution >= 4 is 5.82 Å². The SMILES string of the molecule is CC(N)C1CCCN(c2ncc(F)cc2F)C1. The molecule has 2 unspecified atom stereocenters. The minimum atomic E-state index is -0.646. The lowest BCUT2D eigenvalue weighted by atomic mass is 9.92. The van der Waals surface area contributed by atoms with Gasteiger partial charge in [-0.25, -0.2) is 13.8 Å². The zero-order valence-corrected chi connectivity index (χ0v) is 9.87. The number of rotatable bonds is 2. The first kappa shape index (κ1) is 12.2. The highest BCUT2D eigenvalue weighted by atomic mass is 19.1. The molecular weight excluding hydrogens is 224 g/mol. The van der Waals surface area contributed by atoms with Gasteiger partial charge in [-0.05, 0) is 25.7 Å². The molecular formula is C12H17F2N3. The minimum absolute atomic E-state index is 0.0845. The zero-order valence-electron chi connectivity index (χ0n) is 9.87. The molecule has 0 amide bonds. The van der Waals surface area contributed by atoms with Crippen LogP contribution in [0, 0.1) is 17.6 Å². The van der Waals surface area contributed by atoms with E-state index >= 15 is 0 Å². The lowest BCUT2D eigenvalue weighted by Crippen LogP contribution is -2.43. The average Bonchev–Trinajstić information content (AvgIpc) is 2.29. The van der Waals surface area contributed by atoms with Crippen LogP contribution in [0.2, 0.25) is 0 Å². The van der Waals surface area contributed by atoms with Gasteiger partial charge < -0.3 is 10.6 Å². The van der Waals surface area contributed by atoms with Gasteiger partial charge in [-0.2, -0.15) is 0 Å². The van der Waals surface area contributed by atoms with Gasteiger partial charge in [0.1, 0.15) is 5.82 Å². The second kappa shape index (κ2) is 4.96. The highest BCUT2D eigenvalue weighted by Crippen LogP contribution is 2.25. The average molecular weight is 241 g/mol. The molecule has 0 spiro atoms. The molecule has 1 aliphatic heterocycles. The summed E-state index contributed by atoms with van der Waals surface area (Å²) in [4.78, 5) is 5.68. The minimum Gasteiger partial charge on any atom is -0.354 e. The first-order valence-corrected chi connectivity index (χ1v) is 5.89. The Labute approximate surface area is 99.6 Å². The zero-order chi connectivity index (χ0) is 12.4. The van der Waals surface area contributed by atoms with E-state index in [4.69, 9.17) is 5.73 Å². The van der Waals surface area contributed by atoms with E-state index in [-0.39, 0.29) is 11.9 Å². The highest BCUT2D eigenvalue weighted by molar-refractivity contribution is 5.40. The molecule has 0 aromatic carbocycles. The Bertz CT molecular complexity index is 395. The maximum atomic E-state index is 13.6. The number of nitrogens with two attached hydrogens (primary N) is 1. The molecule has 3 nitrogen and oxygen atoms in total. The van der Waals surface area contributed by atoms with Crippen molar-refractivity contribution < 1.29 is 8.78 Å². The van der Waals surface area contributed by atoms with E-state index in [0.29, 0.717) is 12.5 Å². The summed E-state index contributed by atoms with van der Waals surface area (Å²) >= 11 is 0. The summed E-state index contributed by atoms with van der Waals surface area (Å²) in [6.07, 6.45) is 3.07. The van der Waals surface area contributed by atoms with Crippen LogP contribution in [0.5, 0.6) is 0 Å². The third-order valence-electron chi connectivity index (χ3n) is 3.29. The van der Waals surface area contributed by atoms with Crippen LogP contribution < -0.4 is 10.6 Å². The second-order valence-electron chi connectivity index (χ2n) is 4.67. The molecule has 1 aromatic heterocycles. The fourth-order valence-electron chi connectivity index (χ4n) is 2.27. The Hall–Kier alpha value is -1.23. The van der Waals surface area contributed by atoms with Crippen LogP contribution in [0.25, 0.3) is 0 Å². The molecule has 0 aliphatic carbocycles. The third-order valence-corrected chi connectivity index (χ3v) is 3.29. The van der Waals surface area contributed by atoms with Gasteiger partial charge in [0.15, 0.2) is 11.6 Å². The Balaban J connectivity index is 2.16. The van der Waals surface area contributed by atoms with Crippen molar-refractivity contribution in [2.45, 2.75) is 25.8 Å². The molecule has 2 heterocycles. The van der Waals surface area contributed by atoms with Gasteiger partial charge in [0.2, 0.25) is 0 Å². The van der Waals surface area contributed by atoms with Crippen LogP contribution in [0.1, 0.15) is 19.8 Å². The lowest BCUT2D eigenvalue weighted by molar-refractivity contribution is 0.360. The number of hydrogen-bond donors (Lipinski definition) is 1. The van der Waals surface area contributed by atoms with E-state index in [1.807, 2.05) is 11.8 Å². The van der Waals surface area contributed by atoms with Crippen molar-refractivity contribution in [3.63, 3.8) is 0 Å². The summed E-state index contributed by atoms with van der Waals surface area (Å²) < 4.78 is 26.4. The van der Waals surface area contributed by atoms with E-state index in [1.54, 1.807) is 0 Å². The predicted molar refractivity (Wildman–Crippen MR) is 62.7 cm³/mol. The van der Waals surface area contributed by atoms with E-state index in [0.717, 1.165) is 31.6 Å². The van der Waals surface area contributed by atoms with Crippen molar-refractivity contribution in [2.75, 3.05) is 18.0 Å². The van der Waals surface area contributed by atoms with Gasteiger partial charge in [0.05, 0.1) is 6.20 Å². The maximum absolute atomic E-state index is 13.6. The predicted octanol–water partition coefficient (Wildman–Crippen LogP) is 1.92. The smallest absolute Gasteiger partial charge is 0.168 e. The quantitative estimate of drug-likeness (QED) is 0.860. The molecule has 2 N–H and O–H groups in total. The standard InChI is InChI=1S/C12H17F2N3/c1-8(15)9-3-2-4-17(7-9)12-11(14)5-10(13)6-16-12/h5-6,8-9H,2-4,7,15H2,1H3. The Morgan fingerprint density at radius 1 is 1.53 bits per heavy atom. The number of piperidine rings is 1. The normalized spacial score (nSPS) is 22.6. The van der Waals surface area contributed by atoms with Crippen LogP contribution >= 0.6 is 0 Å². The van der Waals surface area contributed by atoms with Crippen LogP contribution in [0.4, 0.5) is 14.6 Å². The van der Waals surface area contributed by atoms with Crippen LogP contribution in [0.15, 0.2) is 12.3 Å². The number of hydrogen-bond acceptors (Lipinski definition) is 3. The highest BCUT2D eigenvalue weighted by Gasteiger charge is 2.25. The molecule has 17 heavy (non-hydrogen) atoms. The summed E-state index contributed by atoms with van der Waals surface area (Å²) in [5.74, 6) is -0.672. The molecule has 94 valence electrons. The van der Waals surface area contributed by atoms with Crippen LogP contribution in [-0.2, 0) is 0 Å². The summed E-state index contributed by atoms with van der Waals surface area (Å²) in [6, 6.07) is 0.957. The van der Waals surface area contributed by atoms with Crippen LogP contribution in [-0.4, -0.2) is 24.1 Å². The summed E-state index contributed by atoms with van der Waals surface area (Å²) in [6.45, 7) is 3.40. The van der Waals surface area contributed by atoms with Gasteiger partial charge in [-0.3, -0.25) is 0 Å². The van der Waals surface area contributed by atoms with Gasteiger partial charge in [-0.15, -0.1) is 0 Å². The monoisotopic (exact) mass is 241 g/mol. The first-order chi connectivity index (χ1) is 8.08. The second-order valence-corrected chi connectivity index (χ2v) is 4.67. The van der Waals surface area contributed by atoms with Gasteiger partial charge >= 0.3 is 0 Å². The fraction of sp³-hybridized carbons (Fsp3) is 0.583. The van der Waals surface area contributed by atoms with Crippen molar-refractivity contribution in [3.8, 4) is 0 Å². The van der Waals surface area contributed by atoms with Crippen molar-refractivity contribution in [2.24, 2.45) is 11.7 Å². The fourth-order valence-corrected chi connectivity index (χ4v) is 2.27. The van der Waals surface area contributed by atoms with Crippen molar-refractivity contribution in [1.29, 1.82) is 0 Å². The molecule has 0 radical (unpaired) electrons. The van der Waals surface area contributed by atoms with Gasteiger partial charge in [0.25, 0.3) is 0 Å². The molecule has 1 fully saturated rings. The molecule has 5 heteroatoms. The van der Waals surface area contributed by atoms with E-state index in [9.17, 15) is 8.78 Å². The number of nitrogens with zero attached hydrogens (tertiary/aromatic N) is 2. The van der Waals surface area contributed by atoms with E-state index in [1.165, 1.54) is 0 Å². The summed E-state index contributed by atoms with van der Waals surface area (Å²) in [5.41, 5.74) is 5.87.